The van der Waals surface area contributed by atoms with Crippen LogP contribution in [0.3, 0.4) is 0 Å². The molecule has 0 aliphatic carbocycles. The number of aromatic nitrogens is 3. The fraction of sp³-hybridized carbons (Fsp3) is 0.714. The Hall–Kier alpha value is -1.04. The van der Waals surface area contributed by atoms with Crippen LogP contribution in [-0.2, 0) is 5.92 Å². The maximum Gasteiger partial charge on any atom is 0.302 e. The molecule has 0 aliphatic heterocycles. The predicted octanol–water partition coefficient (Wildman–Crippen LogP) is 0.909. The highest BCUT2D eigenvalue weighted by atomic mass is 19.3. The summed E-state index contributed by atoms with van der Waals surface area (Å²) < 4.78 is 27.4. The van der Waals surface area contributed by atoms with Crippen molar-refractivity contribution >= 4 is 0 Å². The second kappa shape index (κ2) is 3.37. The standard InChI is InChI=1S/C7H12F2N4/c1-5(2)13-6(3-11-12-13)7(8,9)4-10/h3,5H,4,10H2,1-2H3. The lowest BCUT2D eigenvalue weighted by Gasteiger charge is -2.16. The molecule has 0 bridgehead atoms. The minimum absolute atomic E-state index is 0.144. The molecule has 0 fully saturated rings. The Morgan fingerprint density at radius 3 is 2.69 bits per heavy atom. The summed E-state index contributed by atoms with van der Waals surface area (Å²) in [4.78, 5) is 0. The second-order valence-corrected chi connectivity index (χ2v) is 3.07. The van der Waals surface area contributed by atoms with E-state index in [1.54, 1.807) is 13.8 Å². The van der Waals surface area contributed by atoms with Gasteiger partial charge in [0.25, 0.3) is 0 Å². The van der Waals surface area contributed by atoms with Crippen LogP contribution in [0.25, 0.3) is 0 Å². The van der Waals surface area contributed by atoms with Gasteiger partial charge in [-0.3, -0.25) is 0 Å². The van der Waals surface area contributed by atoms with Gasteiger partial charge < -0.3 is 5.73 Å². The fourth-order valence-corrected chi connectivity index (χ4v) is 0.992. The molecule has 0 aromatic carbocycles. The van der Waals surface area contributed by atoms with Gasteiger partial charge in [0.05, 0.1) is 12.7 Å². The number of halogens is 2. The van der Waals surface area contributed by atoms with Crippen molar-refractivity contribution in [2.24, 2.45) is 5.73 Å². The molecule has 0 aliphatic rings. The molecule has 0 spiro atoms. The zero-order valence-corrected chi connectivity index (χ0v) is 7.54. The summed E-state index contributed by atoms with van der Waals surface area (Å²) in [6, 6.07) is -0.144. The third-order valence-corrected chi connectivity index (χ3v) is 1.70. The molecule has 4 nitrogen and oxygen atoms in total. The maximum atomic E-state index is 13.1. The zero-order chi connectivity index (χ0) is 10.1. The van der Waals surface area contributed by atoms with E-state index in [1.807, 2.05) is 0 Å². The van der Waals surface area contributed by atoms with Crippen molar-refractivity contribution in [1.29, 1.82) is 0 Å². The van der Waals surface area contributed by atoms with Crippen molar-refractivity contribution in [2.75, 3.05) is 6.54 Å². The van der Waals surface area contributed by atoms with Crippen LogP contribution in [0, 0.1) is 0 Å². The second-order valence-electron chi connectivity index (χ2n) is 3.07. The minimum atomic E-state index is -3.05. The van der Waals surface area contributed by atoms with Gasteiger partial charge in [0, 0.05) is 6.04 Å². The summed E-state index contributed by atoms with van der Waals surface area (Å²) in [5.74, 6) is -3.05. The Morgan fingerprint density at radius 1 is 1.62 bits per heavy atom. The van der Waals surface area contributed by atoms with Gasteiger partial charge in [-0.05, 0) is 13.8 Å². The van der Waals surface area contributed by atoms with Crippen molar-refractivity contribution in [3.8, 4) is 0 Å². The zero-order valence-electron chi connectivity index (χ0n) is 7.54. The number of nitrogens with zero attached hydrogens (tertiary/aromatic N) is 3. The minimum Gasteiger partial charge on any atom is -0.325 e. The van der Waals surface area contributed by atoms with Crippen molar-refractivity contribution in [2.45, 2.75) is 25.8 Å². The predicted molar refractivity (Wildman–Crippen MR) is 43.4 cm³/mol. The first-order chi connectivity index (χ1) is 5.99. The molecule has 1 aromatic heterocycles. The smallest absolute Gasteiger partial charge is 0.302 e. The van der Waals surface area contributed by atoms with E-state index in [2.05, 4.69) is 10.3 Å². The van der Waals surface area contributed by atoms with E-state index in [-0.39, 0.29) is 11.7 Å². The SMILES string of the molecule is CC(C)n1nncc1C(F)(F)CN. The number of hydrogen-bond donors (Lipinski definition) is 1. The van der Waals surface area contributed by atoms with Gasteiger partial charge in [0.15, 0.2) is 0 Å². The highest BCUT2D eigenvalue weighted by Gasteiger charge is 2.34. The largest absolute Gasteiger partial charge is 0.325 e. The lowest BCUT2D eigenvalue weighted by atomic mass is 10.2. The van der Waals surface area contributed by atoms with Crippen molar-refractivity contribution in [3.63, 3.8) is 0 Å². The van der Waals surface area contributed by atoms with Gasteiger partial charge in [-0.15, -0.1) is 5.10 Å². The molecule has 1 aromatic rings. The van der Waals surface area contributed by atoms with Crippen molar-refractivity contribution in [1.82, 2.24) is 15.0 Å². The fourth-order valence-electron chi connectivity index (χ4n) is 0.992. The van der Waals surface area contributed by atoms with Crippen LogP contribution in [0.5, 0.6) is 0 Å². The summed E-state index contributed by atoms with van der Waals surface area (Å²) in [5.41, 5.74) is 4.72. The molecule has 6 heteroatoms. The molecular weight excluding hydrogens is 178 g/mol. The average Bonchev–Trinajstić information content (AvgIpc) is 2.52. The Balaban J connectivity index is 3.07. The van der Waals surface area contributed by atoms with Crippen LogP contribution in [0.1, 0.15) is 25.6 Å². The van der Waals surface area contributed by atoms with E-state index in [9.17, 15) is 8.78 Å². The first-order valence-corrected chi connectivity index (χ1v) is 3.97. The van der Waals surface area contributed by atoms with Gasteiger partial charge in [-0.2, -0.15) is 8.78 Å². The van der Waals surface area contributed by atoms with Crippen molar-refractivity contribution < 1.29 is 8.78 Å². The molecule has 2 N–H and O–H groups in total. The molecule has 0 atom stereocenters. The lowest BCUT2D eigenvalue weighted by Crippen LogP contribution is -2.28. The Kier molecular flexibility index (Phi) is 2.60. The monoisotopic (exact) mass is 190 g/mol. The molecule has 1 heterocycles. The molecule has 0 saturated heterocycles. The normalized spacial score (nSPS) is 12.5. The van der Waals surface area contributed by atoms with E-state index in [0.717, 1.165) is 6.20 Å². The Morgan fingerprint density at radius 2 is 2.23 bits per heavy atom. The van der Waals surface area contributed by atoms with E-state index in [4.69, 9.17) is 5.73 Å². The Bertz CT molecular complexity index is 282. The third kappa shape index (κ3) is 1.82. The molecular formula is C7H12F2N4. The van der Waals surface area contributed by atoms with E-state index in [0.29, 0.717) is 0 Å². The van der Waals surface area contributed by atoms with Gasteiger partial charge in [-0.25, -0.2) is 4.68 Å². The topological polar surface area (TPSA) is 56.7 Å². The molecule has 0 amide bonds. The molecule has 0 radical (unpaired) electrons. The Labute approximate surface area is 74.7 Å². The maximum absolute atomic E-state index is 13.1. The quantitative estimate of drug-likeness (QED) is 0.770. The van der Waals surface area contributed by atoms with Crippen LogP contribution in [0.2, 0.25) is 0 Å². The number of nitrogens with two attached hydrogens (primary N) is 1. The van der Waals surface area contributed by atoms with Crippen LogP contribution in [0.15, 0.2) is 6.20 Å². The van der Waals surface area contributed by atoms with E-state index in [1.165, 1.54) is 4.68 Å². The van der Waals surface area contributed by atoms with Crippen LogP contribution in [-0.4, -0.2) is 21.5 Å². The molecule has 74 valence electrons. The van der Waals surface area contributed by atoms with Crippen molar-refractivity contribution in [3.05, 3.63) is 11.9 Å². The summed E-state index contributed by atoms with van der Waals surface area (Å²) in [5, 5.41) is 7.00. The third-order valence-electron chi connectivity index (χ3n) is 1.70. The summed E-state index contributed by atoms with van der Waals surface area (Å²) in [6.07, 6.45) is 1.05. The molecule has 13 heavy (non-hydrogen) atoms. The highest BCUT2D eigenvalue weighted by molar-refractivity contribution is 5.05. The van der Waals surface area contributed by atoms with Gasteiger partial charge >= 0.3 is 5.92 Å². The van der Waals surface area contributed by atoms with Gasteiger partial charge in [-0.1, -0.05) is 5.21 Å². The first-order valence-electron chi connectivity index (χ1n) is 3.97. The van der Waals surface area contributed by atoms with Crippen LogP contribution in [0.4, 0.5) is 8.78 Å². The van der Waals surface area contributed by atoms with Crippen LogP contribution >= 0.6 is 0 Å². The highest BCUT2D eigenvalue weighted by Crippen LogP contribution is 2.26. The number of rotatable bonds is 3. The number of hydrogen-bond acceptors (Lipinski definition) is 3. The molecule has 0 unspecified atom stereocenters. The van der Waals surface area contributed by atoms with E-state index < -0.39 is 12.5 Å². The summed E-state index contributed by atoms with van der Waals surface area (Å²) in [6.45, 7) is 2.78. The molecule has 0 saturated carbocycles. The van der Waals surface area contributed by atoms with Gasteiger partial charge in [0.2, 0.25) is 0 Å². The molecule has 1 rings (SSSR count). The number of alkyl halides is 2. The van der Waals surface area contributed by atoms with Crippen LogP contribution < -0.4 is 5.73 Å². The summed E-state index contributed by atoms with van der Waals surface area (Å²) in [7, 11) is 0. The first kappa shape index (κ1) is 10.0. The average molecular weight is 190 g/mol. The lowest BCUT2D eigenvalue weighted by molar-refractivity contribution is -0.00439. The summed E-state index contributed by atoms with van der Waals surface area (Å²) >= 11 is 0. The van der Waals surface area contributed by atoms with Gasteiger partial charge in [0.1, 0.15) is 5.69 Å². The van der Waals surface area contributed by atoms with E-state index >= 15 is 0 Å².